The summed E-state index contributed by atoms with van der Waals surface area (Å²) in [4.78, 5) is 11.9. The van der Waals surface area contributed by atoms with Crippen LogP contribution in [0.1, 0.15) is 20.8 Å². The third kappa shape index (κ3) is 4.22. The van der Waals surface area contributed by atoms with Crippen LogP contribution in [0.3, 0.4) is 0 Å². The first-order chi connectivity index (χ1) is 10.8. The number of hydrogen-bond acceptors (Lipinski definition) is 4. The number of rotatable bonds is 6. The number of benzene rings is 2. The van der Waals surface area contributed by atoms with Crippen LogP contribution >= 0.6 is 0 Å². The summed E-state index contributed by atoms with van der Waals surface area (Å²) in [7, 11) is -3.58. The van der Waals surface area contributed by atoms with Gasteiger partial charge in [0, 0.05) is 0 Å². The van der Waals surface area contributed by atoms with Gasteiger partial charge in [-0.3, -0.25) is 9.10 Å². The summed E-state index contributed by atoms with van der Waals surface area (Å²) in [5.41, 5.74) is 0.464. The first-order valence-corrected chi connectivity index (χ1v) is 9.13. The van der Waals surface area contributed by atoms with Crippen molar-refractivity contribution >= 4 is 32.5 Å². The molecule has 0 saturated heterocycles. The zero-order valence-corrected chi connectivity index (χ0v) is 14.3. The average molecular weight is 335 g/mol. The Bertz CT molecular complexity index is 799. The summed E-state index contributed by atoms with van der Waals surface area (Å²) in [5, 5.41) is 1.92. The Morgan fingerprint density at radius 3 is 2.39 bits per heavy atom. The van der Waals surface area contributed by atoms with Gasteiger partial charge in [-0.1, -0.05) is 30.3 Å². The Morgan fingerprint density at radius 2 is 1.78 bits per heavy atom. The predicted molar refractivity (Wildman–Crippen MR) is 92.0 cm³/mol. The molecule has 0 unspecified atom stereocenters. The molecule has 0 aromatic heterocycles. The van der Waals surface area contributed by atoms with E-state index in [9.17, 15) is 13.2 Å². The molecule has 0 heterocycles. The van der Waals surface area contributed by atoms with E-state index in [2.05, 4.69) is 0 Å². The van der Waals surface area contributed by atoms with Crippen molar-refractivity contribution in [3.05, 3.63) is 42.5 Å². The first-order valence-electron chi connectivity index (χ1n) is 7.52. The van der Waals surface area contributed by atoms with Crippen molar-refractivity contribution in [1.82, 2.24) is 0 Å². The Balaban J connectivity index is 2.41. The fourth-order valence-corrected chi connectivity index (χ4v) is 3.30. The van der Waals surface area contributed by atoms with Crippen LogP contribution in [-0.2, 0) is 19.6 Å². The molecule has 5 nitrogen and oxygen atoms in total. The third-order valence-electron chi connectivity index (χ3n) is 3.36. The van der Waals surface area contributed by atoms with Gasteiger partial charge in [0.05, 0.1) is 17.5 Å². The smallest absolute Gasteiger partial charge is 0.327 e. The van der Waals surface area contributed by atoms with Crippen LogP contribution in [0.5, 0.6) is 0 Å². The van der Waals surface area contributed by atoms with Crippen molar-refractivity contribution in [3.8, 4) is 0 Å². The van der Waals surface area contributed by atoms with Crippen molar-refractivity contribution in [1.29, 1.82) is 0 Å². The number of carbonyl (C=O) groups is 1. The molecule has 2 aromatic rings. The van der Waals surface area contributed by atoms with Gasteiger partial charge < -0.3 is 4.74 Å². The molecule has 0 spiro atoms. The van der Waals surface area contributed by atoms with Crippen LogP contribution in [0.25, 0.3) is 10.8 Å². The van der Waals surface area contributed by atoms with E-state index in [-0.39, 0.29) is 18.4 Å². The summed E-state index contributed by atoms with van der Waals surface area (Å²) in [6.45, 7) is 4.68. The minimum atomic E-state index is -3.58. The molecule has 2 aromatic carbocycles. The van der Waals surface area contributed by atoms with E-state index in [4.69, 9.17) is 4.74 Å². The summed E-state index contributed by atoms with van der Waals surface area (Å²) < 4.78 is 31.0. The Labute approximate surface area is 136 Å². The molecular weight excluding hydrogens is 314 g/mol. The van der Waals surface area contributed by atoms with Gasteiger partial charge in [0.25, 0.3) is 0 Å². The highest BCUT2D eigenvalue weighted by atomic mass is 32.2. The number of ether oxygens (including phenoxy) is 1. The van der Waals surface area contributed by atoms with Gasteiger partial charge in [-0.05, 0) is 43.7 Å². The fourth-order valence-electron chi connectivity index (χ4n) is 2.26. The largest absolute Gasteiger partial charge is 0.462 e. The molecule has 0 aliphatic rings. The number of carbonyl (C=O) groups excluding carboxylic acids is 1. The molecule has 0 fully saturated rings. The highest BCUT2D eigenvalue weighted by molar-refractivity contribution is 7.92. The standard InChI is InChI=1S/C17H21NO4S/c1-4-23(20,21)18(12-17(19)22-13(2)3)16-10-9-14-7-5-6-8-15(14)11-16/h5-11,13H,4,12H2,1-3H3. The highest BCUT2D eigenvalue weighted by Crippen LogP contribution is 2.24. The molecule has 0 aliphatic carbocycles. The minimum absolute atomic E-state index is 0.0885. The van der Waals surface area contributed by atoms with E-state index in [1.54, 1.807) is 32.9 Å². The lowest BCUT2D eigenvalue weighted by Gasteiger charge is -2.23. The zero-order chi connectivity index (χ0) is 17.0. The van der Waals surface area contributed by atoms with Gasteiger partial charge in [-0.2, -0.15) is 0 Å². The van der Waals surface area contributed by atoms with Crippen molar-refractivity contribution in [2.24, 2.45) is 0 Å². The molecule has 0 saturated carbocycles. The molecule has 0 bridgehead atoms. The van der Waals surface area contributed by atoms with Crippen LogP contribution < -0.4 is 4.31 Å². The highest BCUT2D eigenvalue weighted by Gasteiger charge is 2.24. The van der Waals surface area contributed by atoms with Gasteiger partial charge in [0.1, 0.15) is 6.54 Å². The maximum atomic E-state index is 12.4. The molecule has 6 heteroatoms. The lowest BCUT2D eigenvalue weighted by molar-refractivity contribution is -0.145. The summed E-state index contributed by atoms with van der Waals surface area (Å²) in [6, 6.07) is 13.0. The van der Waals surface area contributed by atoms with Gasteiger partial charge in [-0.25, -0.2) is 8.42 Å². The molecule has 0 aliphatic heterocycles. The number of esters is 1. The number of sulfonamides is 1. The van der Waals surface area contributed by atoms with Gasteiger partial charge in [-0.15, -0.1) is 0 Å². The van der Waals surface area contributed by atoms with E-state index in [1.807, 2.05) is 30.3 Å². The number of hydrogen-bond donors (Lipinski definition) is 0. The number of nitrogens with zero attached hydrogens (tertiary/aromatic N) is 1. The molecular formula is C17H21NO4S. The zero-order valence-electron chi connectivity index (χ0n) is 13.5. The molecule has 23 heavy (non-hydrogen) atoms. The molecule has 0 radical (unpaired) electrons. The van der Waals surface area contributed by atoms with Crippen LogP contribution in [0.2, 0.25) is 0 Å². The van der Waals surface area contributed by atoms with Gasteiger partial charge >= 0.3 is 5.97 Å². The lowest BCUT2D eigenvalue weighted by Crippen LogP contribution is -2.38. The van der Waals surface area contributed by atoms with E-state index < -0.39 is 16.0 Å². The number of fused-ring (bicyclic) bond motifs is 1. The SMILES string of the molecule is CCS(=O)(=O)N(CC(=O)OC(C)C)c1ccc2ccccc2c1. The maximum absolute atomic E-state index is 12.4. The second-order valence-corrected chi connectivity index (χ2v) is 7.66. The first kappa shape index (κ1) is 17.3. The summed E-state index contributed by atoms with van der Waals surface area (Å²) in [6.07, 6.45) is -0.287. The second kappa shape index (κ2) is 7.00. The number of anilines is 1. The Kier molecular flexibility index (Phi) is 5.26. The monoisotopic (exact) mass is 335 g/mol. The molecule has 124 valence electrons. The molecule has 0 N–H and O–H groups in total. The quantitative estimate of drug-likeness (QED) is 0.761. The normalized spacial score (nSPS) is 11.7. The van der Waals surface area contributed by atoms with Crippen LogP contribution in [-0.4, -0.2) is 32.8 Å². The van der Waals surface area contributed by atoms with Gasteiger partial charge in [0.2, 0.25) is 10.0 Å². The lowest BCUT2D eigenvalue weighted by atomic mass is 10.1. The van der Waals surface area contributed by atoms with Crippen molar-refractivity contribution in [3.63, 3.8) is 0 Å². The average Bonchev–Trinajstić information content (AvgIpc) is 2.51. The fraction of sp³-hybridized carbons (Fsp3) is 0.353. The molecule has 2 rings (SSSR count). The van der Waals surface area contributed by atoms with Crippen LogP contribution in [0.15, 0.2) is 42.5 Å². The van der Waals surface area contributed by atoms with E-state index in [0.717, 1.165) is 15.1 Å². The van der Waals surface area contributed by atoms with Crippen molar-refractivity contribution < 1.29 is 17.9 Å². The second-order valence-electron chi connectivity index (χ2n) is 5.48. The topological polar surface area (TPSA) is 63.7 Å². The van der Waals surface area contributed by atoms with Crippen LogP contribution in [0.4, 0.5) is 5.69 Å². The Hall–Kier alpha value is -2.08. The van der Waals surface area contributed by atoms with E-state index >= 15 is 0 Å². The van der Waals surface area contributed by atoms with Crippen molar-refractivity contribution in [2.75, 3.05) is 16.6 Å². The summed E-state index contributed by atoms with van der Waals surface area (Å²) in [5.74, 6) is -0.653. The third-order valence-corrected chi connectivity index (χ3v) is 5.10. The van der Waals surface area contributed by atoms with Crippen LogP contribution in [0, 0.1) is 0 Å². The predicted octanol–water partition coefficient (Wildman–Crippen LogP) is 2.95. The summed E-state index contributed by atoms with van der Waals surface area (Å²) >= 11 is 0. The molecule has 0 amide bonds. The van der Waals surface area contributed by atoms with E-state index in [1.165, 1.54) is 0 Å². The molecule has 0 atom stereocenters. The minimum Gasteiger partial charge on any atom is -0.462 e. The van der Waals surface area contributed by atoms with Gasteiger partial charge in [0.15, 0.2) is 0 Å². The maximum Gasteiger partial charge on any atom is 0.327 e. The van der Waals surface area contributed by atoms with E-state index in [0.29, 0.717) is 5.69 Å². The van der Waals surface area contributed by atoms with Crippen molar-refractivity contribution in [2.45, 2.75) is 26.9 Å². The Morgan fingerprint density at radius 1 is 1.13 bits per heavy atom.